The van der Waals surface area contributed by atoms with Crippen molar-refractivity contribution in [1.82, 2.24) is 4.90 Å². The topological polar surface area (TPSA) is 57.2 Å². The maximum atomic E-state index is 12.1. The summed E-state index contributed by atoms with van der Waals surface area (Å²) < 4.78 is 22.5. The predicted molar refractivity (Wildman–Crippen MR) is 88.9 cm³/mol. The Morgan fingerprint density at radius 1 is 1.12 bits per heavy atom. The number of benzene rings is 1. The van der Waals surface area contributed by atoms with Crippen molar-refractivity contribution < 1.29 is 23.7 Å². The molecule has 1 fully saturated rings. The molecule has 0 radical (unpaired) electrons. The zero-order valence-corrected chi connectivity index (χ0v) is 14.5. The van der Waals surface area contributed by atoms with Crippen molar-refractivity contribution in [2.24, 2.45) is 0 Å². The second-order valence-electron chi connectivity index (χ2n) is 7.09. The lowest BCUT2D eigenvalue weighted by molar-refractivity contribution is 0.0126. The average Bonchev–Trinajstić information content (AvgIpc) is 2.54. The first-order chi connectivity index (χ1) is 11.4. The molecule has 0 atom stereocenters. The van der Waals surface area contributed by atoms with E-state index in [4.69, 9.17) is 18.9 Å². The normalized spacial score (nSPS) is 18.2. The van der Waals surface area contributed by atoms with Crippen LogP contribution in [0.4, 0.5) is 4.79 Å². The van der Waals surface area contributed by atoms with Gasteiger partial charge in [0.1, 0.15) is 30.7 Å². The van der Waals surface area contributed by atoms with E-state index < -0.39 is 5.60 Å². The Morgan fingerprint density at radius 3 is 2.46 bits per heavy atom. The highest BCUT2D eigenvalue weighted by atomic mass is 16.6. The molecule has 0 spiro atoms. The van der Waals surface area contributed by atoms with Gasteiger partial charge >= 0.3 is 6.09 Å². The van der Waals surface area contributed by atoms with Gasteiger partial charge in [0.25, 0.3) is 0 Å². The van der Waals surface area contributed by atoms with Gasteiger partial charge in [0.05, 0.1) is 0 Å². The van der Waals surface area contributed by atoms with Gasteiger partial charge < -0.3 is 23.8 Å². The fourth-order valence-corrected chi connectivity index (χ4v) is 2.77. The van der Waals surface area contributed by atoms with Crippen molar-refractivity contribution in [3.63, 3.8) is 0 Å². The Morgan fingerprint density at radius 2 is 1.79 bits per heavy atom. The van der Waals surface area contributed by atoms with Crippen LogP contribution >= 0.6 is 0 Å². The van der Waals surface area contributed by atoms with Crippen molar-refractivity contribution in [2.45, 2.75) is 45.3 Å². The minimum atomic E-state index is -0.463. The summed E-state index contributed by atoms with van der Waals surface area (Å²) in [6, 6.07) is 5.64. The van der Waals surface area contributed by atoms with Crippen molar-refractivity contribution in [3.05, 3.63) is 18.2 Å². The second-order valence-corrected chi connectivity index (χ2v) is 7.09. The van der Waals surface area contributed by atoms with Crippen molar-refractivity contribution in [3.8, 4) is 17.2 Å². The summed E-state index contributed by atoms with van der Waals surface area (Å²) in [5.74, 6) is 2.26. The molecule has 1 saturated heterocycles. The molecule has 0 saturated carbocycles. The number of ether oxygens (including phenoxy) is 4. The van der Waals surface area contributed by atoms with Crippen LogP contribution in [-0.2, 0) is 4.74 Å². The number of rotatable bonds is 2. The van der Waals surface area contributed by atoms with Crippen LogP contribution < -0.4 is 14.2 Å². The lowest BCUT2D eigenvalue weighted by Crippen LogP contribution is -2.44. The smallest absolute Gasteiger partial charge is 0.410 e. The van der Waals surface area contributed by atoms with Crippen LogP contribution in [0.25, 0.3) is 0 Å². The molecule has 2 aliphatic heterocycles. The largest absolute Gasteiger partial charge is 0.490 e. The van der Waals surface area contributed by atoms with Gasteiger partial charge in [-0.2, -0.15) is 0 Å². The number of hydrogen-bond donors (Lipinski definition) is 0. The van der Waals surface area contributed by atoms with E-state index in [9.17, 15) is 4.79 Å². The Hall–Kier alpha value is -2.11. The number of fused-ring (bicyclic) bond motifs is 1. The number of amides is 1. The molecule has 1 amide bonds. The van der Waals surface area contributed by atoms with E-state index in [1.165, 1.54) is 0 Å². The third kappa shape index (κ3) is 4.24. The van der Waals surface area contributed by atoms with Crippen LogP contribution in [0.3, 0.4) is 0 Å². The van der Waals surface area contributed by atoms with Gasteiger partial charge in [0.2, 0.25) is 0 Å². The summed E-state index contributed by atoms with van der Waals surface area (Å²) in [6.45, 7) is 8.06. The van der Waals surface area contributed by atoms with Crippen molar-refractivity contribution >= 4 is 6.09 Å². The minimum absolute atomic E-state index is 0.0891. The SMILES string of the molecule is CC(C)(C)OC(=O)N1CCC(Oc2ccc3c(c2)OCCO3)CC1. The average molecular weight is 335 g/mol. The molecule has 0 bridgehead atoms. The van der Waals surface area contributed by atoms with Gasteiger partial charge in [-0.25, -0.2) is 4.79 Å². The molecule has 0 unspecified atom stereocenters. The summed E-state index contributed by atoms with van der Waals surface area (Å²) in [4.78, 5) is 13.8. The maximum absolute atomic E-state index is 12.1. The lowest BCUT2D eigenvalue weighted by Gasteiger charge is -2.33. The molecule has 0 aromatic heterocycles. The molecular weight excluding hydrogens is 310 g/mol. The summed E-state index contributed by atoms with van der Waals surface area (Å²) >= 11 is 0. The fraction of sp³-hybridized carbons (Fsp3) is 0.611. The highest BCUT2D eigenvalue weighted by Crippen LogP contribution is 2.34. The first-order valence-corrected chi connectivity index (χ1v) is 8.45. The molecule has 3 rings (SSSR count). The summed E-state index contributed by atoms with van der Waals surface area (Å²) in [7, 11) is 0. The van der Waals surface area contributed by atoms with E-state index in [0.717, 1.165) is 30.1 Å². The zero-order chi connectivity index (χ0) is 17.2. The number of hydrogen-bond acceptors (Lipinski definition) is 5. The van der Waals surface area contributed by atoms with Gasteiger partial charge in [-0.1, -0.05) is 0 Å². The first kappa shape index (κ1) is 16.7. The molecule has 1 aromatic rings. The monoisotopic (exact) mass is 335 g/mol. The molecule has 6 nitrogen and oxygen atoms in total. The van der Waals surface area contributed by atoms with Crippen LogP contribution in [-0.4, -0.2) is 49.0 Å². The van der Waals surface area contributed by atoms with Crippen LogP contribution in [0.15, 0.2) is 18.2 Å². The quantitative estimate of drug-likeness (QED) is 0.830. The van der Waals surface area contributed by atoms with E-state index in [0.29, 0.717) is 26.3 Å². The summed E-state index contributed by atoms with van der Waals surface area (Å²) in [5.41, 5.74) is -0.463. The second kappa shape index (κ2) is 6.79. The van der Waals surface area contributed by atoms with Crippen LogP contribution in [0.1, 0.15) is 33.6 Å². The van der Waals surface area contributed by atoms with Crippen LogP contribution in [0, 0.1) is 0 Å². The molecule has 24 heavy (non-hydrogen) atoms. The van der Waals surface area contributed by atoms with Crippen LogP contribution in [0.5, 0.6) is 17.2 Å². The highest BCUT2D eigenvalue weighted by Gasteiger charge is 2.27. The summed E-state index contributed by atoms with van der Waals surface area (Å²) in [5, 5.41) is 0. The van der Waals surface area contributed by atoms with E-state index in [1.807, 2.05) is 39.0 Å². The Balaban J connectivity index is 1.51. The lowest BCUT2D eigenvalue weighted by atomic mass is 10.1. The van der Waals surface area contributed by atoms with Gasteiger partial charge in [0, 0.05) is 32.0 Å². The Kier molecular flexibility index (Phi) is 4.73. The van der Waals surface area contributed by atoms with Crippen LogP contribution in [0.2, 0.25) is 0 Å². The van der Waals surface area contributed by atoms with Gasteiger partial charge in [0.15, 0.2) is 11.5 Å². The third-order valence-electron chi connectivity index (χ3n) is 3.91. The molecule has 2 aliphatic rings. The number of carbonyl (C=O) groups is 1. The van der Waals surface area contributed by atoms with E-state index in [-0.39, 0.29) is 12.2 Å². The fourth-order valence-electron chi connectivity index (χ4n) is 2.77. The zero-order valence-electron chi connectivity index (χ0n) is 14.5. The summed E-state index contributed by atoms with van der Waals surface area (Å²) in [6.07, 6.45) is 1.41. The van der Waals surface area contributed by atoms with Crippen molar-refractivity contribution in [1.29, 1.82) is 0 Å². The molecule has 1 aromatic carbocycles. The van der Waals surface area contributed by atoms with E-state index in [2.05, 4.69) is 0 Å². The van der Waals surface area contributed by atoms with Crippen molar-refractivity contribution in [2.75, 3.05) is 26.3 Å². The molecule has 2 heterocycles. The van der Waals surface area contributed by atoms with Gasteiger partial charge in [-0.15, -0.1) is 0 Å². The van der Waals surface area contributed by atoms with E-state index in [1.54, 1.807) is 4.90 Å². The predicted octanol–water partition coefficient (Wildman–Crippen LogP) is 3.24. The number of carbonyl (C=O) groups excluding carboxylic acids is 1. The molecule has 0 N–H and O–H groups in total. The molecule has 0 aliphatic carbocycles. The minimum Gasteiger partial charge on any atom is -0.490 e. The van der Waals surface area contributed by atoms with Gasteiger partial charge in [-0.05, 0) is 32.9 Å². The number of piperidine rings is 1. The Bertz CT molecular complexity index is 588. The van der Waals surface area contributed by atoms with Gasteiger partial charge in [-0.3, -0.25) is 0 Å². The molecule has 6 heteroatoms. The standard InChI is InChI=1S/C18H25NO5/c1-18(2,3)24-17(20)19-8-6-13(7-9-19)23-14-4-5-15-16(12-14)22-11-10-21-15/h4-5,12-13H,6-11H2,1-3H3. The molecular formula is C18H25NO5. The first-order valence-electron chi connectivity index (χ1n) is 8.45. The van der Waals surface area contributed by atoms with E-state index >= 15 is 0 Å². The number of likely N-dealkylation sites (tertiary alicyclic amines) is 1. The highest BCUT2D eigenvalue weighted by molar-refractivity contribution is 5.68. The maximum Gasteiger partial charge on any atom is 0.410 e. The third-order valence-corrected chi connectivity index (χ3v) is 3.91. The molecule has 132 valence electrons. The Labute approximate surface area is 142 Å². The number of nitrogens with zero attached hydrogens (tertiary/aromatic N) is 1.